The molecule has 1 aliphatic heterocycles. The van der Waals surface area contributed by atoms with Gasteiger partial charge in [0.2, 0.25) is 11.7 Å². The highest BCUT2D eigenvalue weighted by Crippen LogP contribution is 2.23. The molecule has 0 saturated carbocycles. The van der Waals surface area contributed by atoms with Gasteiger partial charge in [0.05, 0.1) is 0 Å². The van der Waals surface area contributed by atoms with Gasteiger partial charge in [-0.2, -0.15) is 4.80 Å². The van der Waals surface area contributed by atoms with Crippen molar-refractivity contribution in [1.82, 2.24) is 30.0 Å². The summed E-state index contributed by atoms with van der Waals surface area (Å²) in [6, 6.07) is 6.65. The molecule has 2 heterocycles. The van der Waals surface area contributed by atoms with E-state index in [2.05, 4.69) is 15.4 Å². The number of rotatable bonds is 6. The van der Waals surface area contributed by atoms with Crippen LogP contribution in [-0.2, 0) is 9.53 Å². The van der Waals surface area contributed by atoms with Crippen LogP contribution in [0.25, 0.3) is 11.4 Å². The van der Waals surface area contributed by atoms with Crippen LogP contribution in [0.2, 0.25) is 5.02 Å². The summed E-state index contributed by atoms with van der Waals surface area (Å²) in [5.41, 5.74) is 0.250. The van der Waals surface area contributed by atoms with Crippen molar-refractivity contribution in [1.29, 1.82) is 0 Å². The largest absolute Gasteiger partial charge is 0.444 e. The number of ether oxygens (including phenoxy) is 1. The van der Waals surface area contributed by atoms with E-state index in [-0.39, 0.29) is 17.9 Å². The van der Waals surface area contributed by atoms with E-state index in [4.69, 9.17) is 16.3 Å². The molecule has 180 valence electrons. The summed E-state index contributed by atoms with van der Waals surface area (Å²) >= 11 is 5.95. The zero-order chi connectivity index (χ0) is 24.2. The first-order valence-electron chi connectivity index (χ1n) is 11.4. The van der Waals surface area contributed by atoms with E-state index in [0.717, 1.165) is 18.4 Å². The van der Waals surface area contributed by atoms with Crippen molar-refractivity contribution < 1.29 is 14.3 Å². The monoisotopic (exact) mass is 476 g/mol. The van der Waals surface area contributed by atoms with Crippen LogP contribution in [0.1, 0.15) is 53.0 Å². The van der Waals surface area contributed by atoms with Crippen LogP contribution in [0.5, 0.6) is 0 Å². The van der Waals surface area contributed by atoms with Gasteiger partial charge in [0.25, 0.3) is 0 Å². The molecule has 0 bridgehead atoms. The van der Waals surface area contributed by atoms with E-state index in [1.54, 1.807) is 24.1 Å². The minimum Gasteiger partial charge on any atom is -0.444 e. The van der Waals surface area contributed by atoms with Crippen molar-refractivity contribution >= 4 is 23.6 Å². The molecule has 2 atom stereocenters. The van der Waals surface area contributed by atoms with Crippen LogP contribution in [0.4, 0.5) is 4.79 Å². The SMILES string of the molecule is CCC(C(=O)N1CCCC(CN(C)C(=O)OC(C)(C)C)C1)n1nnc(-c2ccc(Cl)cc2)n1. The Morgan fingerprint density at radius 1 is 1.27 bits per heavy atom. The highest BCUT2D eigenvalue weighted by atomic mass is 35.5. The Kier molecular flexibility index (Phi) is 7.94. The average molecular weight is 477 g/mol. The standard InChI is InChI=1S/C23H33ClN6O3/c1-6-19(30-26-20(25-27-30)17-9-11-18(24)12-10-17)21(31)29-13-7-8-16(15-29)14-28(5)22(32)33-23(2,3)4/h9-12,16,19H,6-8,13-15H2,1-5H3. The molecule has 0 aliphatic carbocycles. The van der Waals surface area contributed by atoms with Crippen molar-refractivity contribution in [3.63, 3.8) is 0 Å². The van der Waals surface area contributed by atoms with E-state index in [1.807, 2.05) is 44.7 Å². The minimum absolute atomic E-state index is 0.0258. The summed E-state index contributed by atoms with van der Waals surface area (Å²) in [4.78, 5) is 30.5. The van der Waals surface area contributed by atoms with Crippen molar-refractivity contribution in [2.75, 3.05) is 26.7 Å². The molecule has 0 spiro atoms. The number of nitrogens with zero attached hydrogens (tertiary/aromatic N) is 6. The molecule has 33 heavy (non-hydrogen) atoms. The molecule has 2 aromatic rings. The van der Waals surface area contributed by atoms with Crippen LogP contribution in [-0.4, -0.2) is 74.3 Å². The first kappa shape index (κ1) is 25.0. The van der Waals surface area contributed by atoms with Crippen LogP contribution in [0.15, 0.2) is 24.3 Å². The Labute approximate surface area is 200 Å². The van der Waals surface area contributed by atoms with Gasteiger partial charge < -0.3 is 14.5 Å². The minimum atomic E-state index is -0.538. The van der Waals surface area contributed by atoms with Crippen molar-refractivity contribution in [2.24, 2.45) is 5.92 Å². The summed E-state index contributed by atoms with van der Waals surface area (Å²) < 4.78 is 5.45. The topological polar surface area (TPSA) is 93.5 Å². The second-order valence-corrected chi connectivity index (χ2v) is 9.95. The maximum atomic E-state index is 13.3. The smallest absolute Gasteiger partial charge is 0.410 e. The summed E-state index contributed by atoms with van der Waals surface area (Å²) in [6.45, 7) is 9.29. The average Bonchev–Trinajstić information content (AvgIpc) is 3.23. The maximum absolute atomic E-state index is 13.3. The number of aromatic nitrogens is 4. The third-order valence-corrected chi connectivity index (χ3v) is 5.80. The molecule has 1 aromatic heterocycles. The van der Waals surface area contributed by atoms with Gasteiger partial charge in [-0.05, 0) is 75.4 Å². The van der Waals surface area contributed by atoms with E-state index in [1.165, 1.54) is 4.80 Å². The van der Waals surface area contributed by atoms with Gasteiger partial charge in [-0.15, -0.1) is 10.2 Å². The molecule has 3 rings (SSSR count). The predicted octanol–water partition coefficient (Wildman–Crippen LogP) is 4.05. The Balaban J connectivity index is 1.64. The first-order chi connectivity index (χ1) is 15.6. The molecule has 1 aliphatic rings. The second-order valence-electron chi connectivity index (χ2n) is 9.52. The molecule has 2 amide bonds. The number of tetrazole rings is 1. The van der Waals surface area contributed by atoms with Gasteiger partial charge in [-0.3, -0.25) is 4.79 Å². The van der Waals surface area contributed by atoms with Gasteiger partial charge in [0.15, 0.2) is 6.04 Å². The summed E-state index contributed by atoms with van der Waals surface area (Å²) in [5.74, 6) is 0.613. The van der Waals surface area contributed by atoms with Crippen LogP contribution >= 0.6 is 11.6 Å². The van der Waals surface area contributed by atoms with Crippen LogP contribution in [0.3, 0.4) is 0 Å². The molecule has 0 radical (unpaired) electrons. The predicted molar refractivity (Wildman–Crippen MR) is 126 cm³/mol. The molecular weight excluding hydrogens is 444 g/mol. The Morgan fingerprint density at radius 2 is 1.97 bits per heavy atom. The Morgan fingerprint density at radius 3 is 2.61 bits per heavy atom. The number of carbonyl (C=O) groups excluding carboxylic acids is 2. The zero-order valence-corrected chi connectivity index (χ0v) is 20.7. The number of carbonyl (C=O) groups is 2. The fourth-order valence-corrected chi connectivity index (χ4v) is 4.06. The zero-order valence-electron chi connectivity index (χ0n) is 20.0. The lowest BCUT2D eigenvalue weighted by Gasteiger charge is -2.36. The van der Waals surface area contributed by atoms with Crippen molar-refractivity contribution in [3.8, 4) is 11.4 Å². The lowest BCUT2D eigenvalue weighted by molar-refractivity contribution is -0.137. The molecule has 9 nitrogen and oxygen atoms in total. The highest BCUT2D eigenvalue weighted by molar-refractivity contribution is 6.30. The van der Waals surface area contributed by atoms with Gasteiger partial charge in [0.1, 0.15) is 5.60 Å². The molecule has 1 fully saturated rings. The molecule has 10 heteroatoms. The van der Waals surface area contributed by atoms with Gasteiger partial charge in [-0.25, -0.2) is 4.79 Å². The maximum Gasteiger partial charge on any atom is 0.410 e. The number of benzene rings is 1. The van der Waals surface area contributed by atoms with E-state index >= 15 is 0 Å². The van der Waals surface area contributed by atoms with Crippen molar-refractivity contribution in [2.45, 2.75) is 58.6 Å². The molecule has 1 saturated heterocycles. The van der Waals surface area contributed by atoms with Gasteiger partial charge in [-0.1, -0.05) is 18.5 Å². The summed E-state index contributed by atoms with van der Waals surface area (Å²) in [6.07, 6.45) is 2.04. The quantitative estimate of drug-likeness (QED) is 0.624. The highest BCUT2D eigenvalue weighted by Gasteiger charge is 2.32. The number of hydrogen-bond acceptors (Lipinski definition) is 6. The number of halogens is 1. The van der Waals surface area contributed by atoms with E-state index in [9.17, 15) is 9.59 Å². The van der Waals surface area contributed by atoms with Crippen LogP contribution < -0.4 is 0 Å². The molecular formula is C23H33ClN6O3. The van der Waals surface area contributed by atoms with E-state index in [0.29, 0.717) is 36.9 Å². The van der Waals surface area contributed by atoms with Crippen molar-refractivity contribution in [3.05, 3.63) is 29.3 Å². The van der Waals surface area contributed by atoms with Gasteiger partial charge in [0, 0.05) is 37.3 Å². The number of piperidine rings is 1. The Hall–Kier alpha value is -2.68. The summed E-state index contributed by atoms with van der Waals surface area (Å²) in [5, 5.41) is 13.4. The lowest BCUT2D eigenvalue weighted by Crippen LogP contribution is -2.47. The molecule has 2 unspecified atom stereocenters. The Bertz CT molecular complexity index is 956. The molecule has 0 N–H and O–H groups in total. The van der Waals surface area contributed by atoms with Gasteiger partial charge >= 0.3 is 6.09 Å². The lowest BCUT2D eigenvalue weighted by atomic mass is 9.96. The first-order valence-corrected chi connectivity index (χ1v) is 11.7. The third-order valence-electron chi connectivity index (χ3n) is 5.55. The van der Waals surface area contributed by atoms with Crippen LogP contribution in [0, 0.1) is 5.92 Å². The fraction of sp³-hybridized carbons (Fsp3) is 0.609. The number of hydrogen-bond donors (Lipinski definition) is 0. The van der Waals surface area contributed by atoms with E-state index < -0.39 is 11.6 Å². The third kappa shape index (κ3) is 6.66. The fourth-order valence-electron chi connectivity index (χ4n) is 3.94. The number of amides is 2. The normalized spacial score (nSPS) is 17.5. The molecule has 1 aromatic carbocycles. The second kappa shape index (κ2) is 10.5. The number of likely N-dealkylation sites (tertiary alicyclic amines) is 1. The summed E-state index contributed by atoms with van der Waals surface area (Å²) in [7, 11) is 1.74.